The fourth-order valence-electron chi connectivity index (χ4n) is 3.83. The summed E-state index contributed by atoms with van der Waals surface area (Å²) in [7, 11) is 1.60. The lowest BCUT2D eigenvalue weighted by molar-refractivity contribution is -0.137. The number of amides is 2. The van der Waals surface area contributed by atoms with Gasteiger partial charge < -0.3 is 15.0 Å². The number of carbonyl (C=O) groups excluding carboxylic acids is 1. The summed E-state index contributed by atoms with van der Waals surface area (Å²) in [6.07, 6.45) is -1.29. The van der Waals surface area contributed by atoms with Crippen LogP contribution in [0.4, 0.5) is 18.0 Å². The quantitative estimate of drug-likeness (QED) is 0.732. The molecule has 2 amide bonds. The van der Waals surface area contributed by atoms with E-state index < -0.39 is 17.3 Å². The Morgan fingerprint density at radius 3 is 2.38 bits per heavy atom. The first-order chi connectivity index (χ1) is 15.3. The maximum absolute atomic E-state index is 12.8. The van der Waals surface area contributed by atoms with E-state index in [4.69, 9.17) is 9.57 Å². The highest BCUT2D eigenvalue weighted by atomic mass is 19.4. The maximum atomic E-state index is 12.8. The number of piperidine rings is 1. The van der Waals surface area contributed by atoms with Gasteiger partial charge in [-0.05, 0) is 41.5 Å². The molecule has 2 heterocycles. The third-order valence-electron chi connectivity index (χ3n) is 5.79. The van der Waals surface area contributed by atoms with E-state index in [-0.39, 0.29) is 6.03 Å². The number of nitrogens with one attached hydrogen (secondary N) is 2. The summed E-state index contributed by atoms with van der Waals surface area (Å²) in [5.74, 6) is 0.760. The summed E-state index contributed by atoms with van der Waals surface area (Å²) in [5, 5.41) is 2.92. The van der Waals surface area contributed by atoms with Gasteiger partial charge in [0.25, 0.3) is 0 Å². The molecule has 0 bridgehead atoms. The molecular formula is C23H24F3N3O3. The van der Waals surface area contributed by atoms with Gasteiger partial charge in [-0.3, -0.25) is 10.3 Å². The van der Waals surface area contributed by atoms with Crippen LogP contribution in [0.1, 0.15) is 29.5 Å². The lowest BCUT2D eigenvalue weighted by Gasteiger charge is -2.36. The molecule has 1 fully saturated rings. The summed E-state index contributed by atoms with van der Waals surface area (Å²) < 4.78 is 43.4. The van der Waals surface area contributed by atoms with Crippen molar-refractivity contribution in [1.29, 1.82) is 0 Å². The Balaban J connectivity index is 1.31. The molecule has 0 aliphatic carbocycles. The minimum absolute atomic E-state index is 0.145. The summed E-state index contributed by atoms with van der Waals surface area (Å²) in [6.45, 7) is 1.43. The minimum Gasteiger partial charge on any atom is -0.497 e. The third-order valence-corrected chi connectivity index (χ3v) is 5.79. The van der Waals surface area contributed by atoms with Crippen LogP contribution < -0.4 is 15.5 Å². The third kappa shape index (κ3) is 4.83. The van der Waals surface area contributed by atoms with Crippen molar-refractivity contribution in [3.05, 3.63) is 71.3 Å². The monoisotopic (exact) mass is 447 g/mol. The average Bonchev–Trinajstić information content (AvgIpc) is 3.21. The minimum atomic E-state index is -4.37. The fourth-order valence-corrected chi connectivity index (χ4v) is 3.83. The van der Waals surface area contributed by atoms with Crippen LogP contribution in [0.25, 0.3) is 5.70 Å². The van der Waals surface area contributed by atoms with Crippen LogP contribution in [0.2, 0.25) is 0 Å². The molecule has 2 aliphatic heterocycles. The van der Waals surface area contributed by atoms with E-state index in [2.05, 4.69) is 10.8 Å². The Morgan fingerprint density at radius 1 is 1.12 bits per heavy atom. The largest absolute Gasteiger partial charge is 0.497 e. The van der Waals surface area contributed by atoms with Crippen LogP contribution in [-0.4, -0.2) is 36.7 Å². The lowest BCUT2D eigenvalue weighted by Crippen LogP contribution is -2.49. The lowest BCUT2D eigenvalue weighted by atomic mass is 9.90. The van der Waals surface area contributed by atoms with E-state index in [1.807, 2.05) is 30.3 Å². The zero-order valence-corrected chi connectivity index (χ0v) is 17.5. The first kappa shape index (κ1) is 22.0. The second-order valence-corrected chi connectivity index (χ2v) is 7.90. The van der Waals surface area contributed by atoms with Crippen molar-refractivity contribution < 1.29 is 27.5 Å². The molecule has 0 aromatic heterocycles. The van der Waals surface area contributed by atoms with Gasteiger partial charge in [0.2, 0.25) is 0 Å². The SMILES string of the molecule is COc1ccc(CNC(=O)N2CCC3(C=C(c4ccc(C(F)(F)F)cc4)NO3)CC2)cc1. The smallest absolute Gasteiger partial charge is 0.416 e. The molecule has 170 valence electrons. The van der Waals surface area contributed by atoms with Crippen molar-refractivity contribution in [2.24, 2.45) is 0 Å². The number of ether oxygens (including phenoxy) is 1. The van der Waals surface area contributed by atoms with Gasteiger partial charge in [-0.15, -0.1) is 0 Å². The van der Waals surface area contributed by atoms with Crippen LogP contribution in [-0.2, 0) is 17.6 Å². The maximum Gasteiger partial charge on any atom is 0.416 e. The standard InChI is InChI=1S/C23H24F3N3O3/c1-31-19-8-2-16(3-9-19)15-27-21(30)29-12-10-22(11-13-29)14-20(28-32-22)17-4-6-18(7-5-17)23(24,25)26/h2-9,14,28H,10-13,15H2,1H3,(H,27,30). The summed E-state index contributed by atoms with van der Waals surface area (Å²) in [4.78, 5) is 20.1. The van der Waals surface area contributed by atoms with Crippen molar-refractivity contribution in [3.63, 3.8) is 0 Å². The van der Waals surface area contributed by atoms with Crippen molar-refractivity contribution >= 4 is 11.7 Å². The van der Waals surface area contributed by atoms with Crippen LogP contribution >= 0.6 is 0 Å². The predicted octanol–water partition coefficient (Wildman–Crippen LogP) is 4.33. The Labute approximate surface area is 184 Å². The molecule has 0 radical (unpaired) electrons. The molecule has 2 aromatic carbocycles. The molecule has 2 aliphatic rings. The first-order valence-electron chi connectivity index (χ1n) is 10.3. The van der Waals surface area contributed by atoms with E-state index >= 15 is 0 Å². The number of likely N-dealkylation sites (tertiary alicyclic amines) is 1. The van der Waals surface area contributed by atoms with E-state index in [9.17, 15) is 18.0 Å². The molecule has 0 saturated carbocycles. The van der Waals surface area contributed by atoms with Gasteiger partial charge in [0.15, 0.2) is 0 Å². The van der Waals surface area contributed by atoms with Gasteiger partial charge in [-0.1, -0.05) is 24.3 Å². The van der Waals surface area contributed by atoms with Crippen LogP contribution in [0, 0.1) is 0 Å². The molecule has 0 atom stereocenters. The molecule has 32 heavy (non-hydrogen) atoms. The number of hydroxylamine groups is 1. The zero-order chi connectivity index (χ0) is 22.8. The van der Waals surface area contributed by atoms with Gasteiger partial charge in [-0.25, -0.2) is 4.79 Å². The van der Waals surface area contributed by atoms with E-state index in [0.717, 1.165) is 23.4 Å². The highest BCUT2D eigenvalue weighted by molar-refractivity contribution is 5.74. The Kier molecular flexibility index (Phi) is 6.01. The van der Waals surface area contributed by atoms with Gasteiger partial charge in [0, 0.05) is 32.5 Å². The molecular weight excluding hydrogens is 423 g/mol. The summed E-state index contributed by atoms with van der Waals surface area (Å²) in [6, 6.07) is 12.3. The second-order valence-electron chi connectivity index (χ2n) is 7.90. The zero-order valence-electron chi connectivity index (χ0n) is 17.5. The molecule has 9 heteroatoms. The summed E-state index contributed by atoms with van der Waals surface area (Å²) in [5.41, 5.74) is 3.80. The number of rotatable bonds is 4. The van der Waals surface area contributed by atoms with Crippen molar-refractivity contribution in [2.45, 2.75) is 31.2 Å². The first-order valence-corrected chi connectivity index (χ1v) is 10.3. The molecule has 1 spiro atoms. The highest BCUT2D eigenvalue weighted by Gasteiger charge is 2.40. The average molecular weight is 447 g/mol. The van der Waals surface area contributed by atoms with Crippen LogP contribution in [0.3, 0.4) is 0 Å². The van der Waals surface area contributed by atoms with Crippen molar-refractivity contribution in [1.82, 2.24) is 15.7 Å². The van der Waals surface area contributed by atoms with Crippen molar-refractivity contribution in [3.8, 4) is 5.75 Å². The van der Waals surface area contributed by atoms with Crippen molar-refractivity contribution in [2.75, 3.05) is 20.2 Å². The van der Waals surface area contributed by atoms with E-state index in [0.29, 0.717) is 43.7 Å². The second kappa shape index (κ2) is 8.74. The number of halogens is 3. The fraction of sp³-hybridized carbons (Fsp3) is 0.348. The number of urea groups is 1. The van der Waals surface area contributed by atoms with Gasteiger partial charge >= 0.3 is 12.2 Å². The number of benzene rings is 2. The van der Waals surface area contributed by atoms with E-state index in [1.54, 1.807) is 12.0 Å². The van der Waals surface area contributed by atoms with E-state index in [1.165, 1.54) is 12.1 Å². The Hall–Kier alpha value is -3.20. The molecule has 2 N–H and O–H groups in total. The number of methoxy groups -OCH3 is 1. The number of alkyl halides is 3. The van der Waals surface area contributed by atoms with Gasteiger partial charge in [-0.2, -0.15) is 13.2 Å². The Bertz CT molecular complexity index is 980. The molecule has 4 rings (SSSR count). The molecule has 1 saturated heterocycles. The van der Waals surface area contributed by atoms with Crippen LogP contribution in [0.15, 0.2) is 54.6 Å². The number of nitrogens with zero attached hydrogens (tertiary/aromatic N) is 1. The highest BCUT2D eigenvalue weighted by Crippen LogP contribution is 2.36. The predicted molar refractivity (Wildman–Crippen MR) is 112 cm³/mol. The topological polar surface area (TPSA) is 62.8 Å². The van der Waals surface area contributed by atoms with Gasteiger partial charge in [0.05, 0.1) is 18.4 Å². The molecule has 2 aromatic rings. The number of carbonyl (C=O) groups is 1. The Morgan fingerprint density at radius 2 is 1.78 bits per heavy atom. The molecule has 6 nitrogen and oxygen atoms in total. The number of hydrogen-bond donors (Lipinski definition) is 2. The van der Waals surface area contributed by atoms with Crippen LogP contribution in [0.5, 0.6) is 5.75 Å². The summed E-state index contributed by atoms with van der Waals surface area (Å²) >= 11 is 0. The molecule has 0 unspecified atom stereocenters. The normalized spacial score (nSPS) is 17.6. The van der Waals surface area contributed by atoms with Gasteiger partial charge in [0.1, 0.15) is 11.4 Å². The number of hydrogen-bond acceptors (Lipinski definition) is 4.